The van der Waals surface area contributed by atoms with Crippen LogP contribution in [0.3, 0.4) is 0 Å². The standard InChI is InChI=1S/C19H19N3O4/c1-13(21-22-19(24)14-5-3-2-4-6-14)11-18(23)20-15-7-8-16-17(12-15)26-10-9-25-16/h2-8,12H,9-11H2,1H3,(H,20,23)(H,22,24)/b21-13+. The minimum Gasteiger partial charge on any atom is -0.486 e. The maximum atomic E-state index is 12.1. The lowest BCUT2D eigenvalue weighted by atomic mass is 10.2. The minimum absolute atomic E-state index is 0.0590. The number of benzene rings is 2. The average molecular weight is 353 g/mol. The van der Waals surface area contributed by atoms with Gasteiger partial charge in [0.15, 0.2) is 11.5 Å². The third-order valence-corrected chi connectivity index (χ3v) is 3.63. The molecule has 2 amide bonds. The predicted octanol–water partition coefficient (Wildman–Crippen LogP) is 2.59. The molecule has 0 saturated heterocycles. The molecular formula is C19H19N3O4. The zero-order valence-corrected chi connectivity index (χ0v) is 14.3. The number of amides is 2. The molecule has 0 aliphatic carbocycles. The zero-order valence-electron chi connectivity index (χ0n) is 14.3. The van der Waals surface area contributed by atoms with Gasteiger partial charge in [0.25, 0.3) is 5.91 Å². The van der Waals surface area contributed by atoms with E-state index in [0.29, 0.717) is 41.7 Å². The van der Waals surface area contributed by atoms with Crippen molar-refractivity contribution in [3.8, 4) is 11.5 Å². The van der Waals surface area contributed by atoms with Crippen molar-refractivity contribution in [2.75, 3.05) is 18.5 Å². The summed E-state index contributed by atoms with van der Waals surface area (Å²) in [6.45, 7) is 2.68. The number of hydrazone groups is 1. The smallest absolute Gasteiger partial charge is 0.271 e. The molecule has 3 rings (SSSR count). The third-order valence-electron chi connectivity index (χ3n) is 3.63. The van der Waals surface area contributed by atoms with Gasteiger partial charge in [-0.15, -0.1) is 0 Å². The second kappa shape index (κ2) is 8.15. The molecule has 26 heavy (non-hydrogen) atoms. The van der Waals surface area contributed by atoms with E-state index in [1.807, 2.05) is 6.07 Å². The van der Waals surface area contributed by atoms with E-state index in [1.165, 1.54) is 0 Å². The van der Waals surface area contributed by atoms with Gasteiger partial charge in [0, 0.05) is 23.0 Å². The Morgan fingerprint density at radius 1 is 1.04 bits per heavy atom. The Bertz CT molecular complexity index is 834. The van der Waals surface area contributed by atoms with Crippen LogP contribution in [0.4, 0.5) is 5.69 Å². The first-order chi connectivity index (χ1) is 12.6. The van der Waals surface area contributed by atoms with E-state index in [0.717, 1.165) is 0 Å². The SMILES string of the molecule is C/C(CC(=O)Nc1ccc2c(c1)OCCO2)=N\NC(=O)c1ccccc1. The summed E-state index contributed by atoms with van der Waals surface area (Å²) >= 11 is 0. The van der Waals surface area contributed by atoms with Crippen LogP contribution in [0.15, 0.2) is 53.6 Å². The van der Waals surface area contributed by atoms with Crippen molar-refractivity contribution >= 4 is 23.2 Å². The average Bonchev–Trinajstić information content (AvgIpc) is 2.66. The molecule has 0 saturated carbocycles. The third kappa shape index (κ3) is 4.60. The van der Waals surface area contributed by atoms with E-state index in [2.05, 4.69) is 15.8 Å². The quantitative estimate of drug-likeness (QED) is 0.639. The number of carbonyl (C=O) groups is 2. The Morgan fingerprint density at radius 3 is 2.54 bits per heavy atom. The summed E-state index contributed by atoms with van der Waals surface area (Å²) in [7, 11) is 0. The summed E-state index contributed by atoms with van der Waals surface area (Å²) in [4.78, 5) is 24.0. The molecule has 1 aliphatic rings. The number of carbonyl (C=O) groups excluding carboxylic acids is 2. The van der Waals surface area contributed by atoms with Crippen molar-refractivity contribution in [2.24, 2.45) is 5.10 Å². The van der Waals surface area contributed by atoms with Gasteiger partial charge in [-0.05, 0) is 31.2 Å². The first-order valence-corrected chi connectivity index (χ1v) is 8.20. The second-order valence-corrected chi connectivity index (χ2v) is 5.74. The first-order valence-electron chi connectivity index (χ1n) is 8.20. The molecule has 0 atom stereocenters. The van der Waals surface area contributed by atoms with Crippen molar-refractivity contribution in [1.29, 1.82) is 0 Å². The number of ether oxygens (including phenoxy) is 2. The molecule has 7 nitrogen and oxygen atoms in total. The first kappa shape index (κ1) is 17.5. The van der Waals surface area contributed by atoms with Crippen molar-refractivity contribution < 1.29 is 19.1 Å². The van der Waals surface area contributed by atoms with E-state index in [9.17, 15) is 9.59 Å². The van der Waals surface area contributed by atoms with Crippen LogP contribution >= 0.6 is 0 Å². The Morgan fingerprint density at radius 2 is 1.77 bits per heavy atom. The van der Waals surface area contributed by atoms with Crippen molar-refractivity contribution in [2.45, 2.75) is 13.3 Å². The topological polar surface area (TPSA) is 89.0 Å². The molecule has 0 spiro atoms. The van der Waals surface area contributed by atoms with Crippen LogP contribution in [-0.2, 0) is 4.79 Å². The predicted molar refractivity (Wildman–Crippen MR) is 97.7 cm³/mol. The highest BCUT2D eigenvalue weighted by Crippen LogP contribution is 2.32. The summed E-state index contributed by atoms with van der Waals surface area (Å²) in [5.41, 5.74) is 4.05. The fourth-order valence-corrected chi connectivity index (χ4v) is 2.40. The molecule has 7 heteroatoms. The summed E-state index contributed by atoms with van der Waals surface area (Å²) in [6.07, 6.45) is 0.0590. The van der Waals surface area contributed by atoms with Crippen molar-refractivity contribution in [3.05, 3.63) is 54.1 Å². The van der Waals surface area contributed by atoms with E-state index in [4.69, 9.17) is 9.47 Å². The summed E-state index contributed by atoms with van der Waals surface area (Å²) in [5, 5.41) is 6.74. The summed E-state index contributed by atoms with van der Waals surface area (Å²) in [6, 6.07) is 14.0. The molecule has 1 heterocycles. The number of hydrogen-bond donors (Lipinski definition) is 2. The van der Waals surface area contributed by atoms with Crippen molar-refractivity contribution in [1.82, 2.24) is 5.43 Å². The number of nitrogens with zero attached hydrogens (tertiary/aromatic N) is 1. The van der Waals surface area contributed by atoms with Crippen LogP contribution in [-0.4, -0.2) is 30.7 Å². The number of fused-ring (bicyclic) bond motifs is 1. The van der Waals surface area contributed by atoms with Gasteiger partial charge in [-0.3, -0.25) is 9.59 Å². The van der Waals surface area contributed by atoms with Crippen LogP contribution in [0.25, 0.3) is 0 Å². The van der Waals surface area contributed by atoms with Gasteiger partial charge in [0.2, 0.25) is 5.91 Å². The van der Waals surface area contributed by atoms with E-state index in [1.54, 1.807) is 49.4 Å². The lowest BCUT2D eigenvalue weighted by molar-refractivity contribution is -0.115. The van der Waals surface area contributed by atoms with Crippen LogP contribution in [0.1, 0.15) is 23.7 Å². The number of nitrogens with one attached hydrogen (secondary N) is 2. The van der Waals surface area contributed by atoms with E-state index >= 15 is 0 Å². The summed E-state index contributed by atoms with van der Waals surface area (Å²) in [5.74, 6) is 0.708. The van der Waals surface area contributed by atoms with Gasteiger partial charge in [-0.25, -0.2) is 5.43 Å². The molecule has 0 unspecified atom stereocenters. The lowest BCUT2D eigenvalue weighted by Gasteiger charge is -2.19. The maximum absolute atomic E-state index is 12.1. The Balaban J connectivity index is 1.53. The van der Waals surface area contributed by atoms with Crippen LogP contribution in [0, 0.1) is 0 Å². The monoisotopic (exact) mass is 353 g/mol. The van der Waals surface area contributed by atoms with E-state index in [-0.39, 0.29) is 18.2 Å². The molecule has 2 aromatic rings. The highest BCUT2D eigenvalue weighted by atomic mass is 16.6. The van der Waals surface area contributed by atoms with Crippen molar-refractivity contribution in [3.63, 3.8) is 0 Å². The molecule has 0 fully saturated rings. The molecule has 0 aromatic heterocycles. The molecule has 0 radical (unpaired) electrons. The zero-order chi connectivity index (χ0) is 18.4. The molecule has 134 valence electrons. The molecule has 2 N–H and O–H groups in total. The van der Waals surface area contributed by atoms with E-state index < -0.39 is 0 Å². The number of hydrogen-bond acceptors (Lipinski definition) is 5. The number of rotatable bonds is 5. The van der Waals surface area contributed by atoms with Gasteiger partial charge < -0.3 is 14.8 Å². The highest BCUT2D eigenvalue weighted by molar-refractivity contribution is 6.06. The van der Waals surface area contributed by atoms with Gasteiger partial charge in [0.1, 0.15) is 13.2 Å². The fraction of sp³-hybridized carbons (Fsp3) is 0.211. The van der Waals surface area contributed by atoms with Gasteiger partial charge in [-0.2, -0.15) is 5.10 Å². The largest absolute Gasteiger partial charge is 0.486 e. The normalized spacial score (nSPS) is 13.0. The summed E-state index contributed by atoms with van der Waals surface area (Å²) < 4.78 is 10.9. The second-order valence-electron chi connectivity index (χ2n) is 5.74. The molecular weight excluding hydrogens is 334 g/mol. The Labute approximate surface area is 151 Å². The fourth-order valence-electron chi connectivity index (χ4n) is 2.40. The Kier molecular flexibility index (Phi) is 5.48. The van der Waals surface area contributed by atoms with Crippen LogP contribution in [0.2, 0.25) is 0 Å². The van der Waals surface area contributed by atoms with Crippen LogP contribution in [0.5, 0.6) is 11.5 Å². The molecule has 2 aromatic carbocycles. The van der Waals surface area contributed by atoms with Crippen LogP contribution < -0.4 is 20.2 Å². The molecule has 0 bridgehead atoms. The lowest BCUT2D eigenvalue weighted by Crippen LogP contribution is -2.21. The Hall–Kier alpha value is -3.35. The minimum atomic E-state index is -0.322. The van der Waals surface area contributed by atoms with Gasteiger partial charge >= 0.3 is 0 Å². The molecule has 1 aliphatic heterocycles. The highest BCUT2D eigenvalue weighted by Gasteiger charge is 2.13. The maximum Gasteiger partial charge on any atom is 0.271 e. The van der Waals surface area contributed by atoms with Gasteiger partial charge in [-0.1, -0.05) is 18.2 Å². The van der Waals surface area contributed by atoms with Gasteiger partial charge in [0.05, 0.1) is 6.42 Å². The number of anilines is 1.